The summed E-state index contributed by atoms with van der Waals surface area (Å²) in [7, 11) is 0. The van der Waals surface area contributed by atoms with E-state index in [1.165, 1.54) is 0 Å². The van der Waals surface area contributed by atoms with Crippen LogP contribution in [0.3, 0.4) is 0 Å². The summed E-state index contributed by atoms with van der Waals surface area (Å²) in [5, 5.41) is 6.68. The lowest BCUT2D eigenvalue weighted by Gasteiger charge is -2.04. The Balaban J connectivity index is 2.03. The zero-order valence-corrected chi connectivity index (χ0v) is 12.1. The molecule has 1 N–H and O–H groups in total. The van der Waals surface area contributed by atoms with Crippen LogP contribution in [0.25, 0.3) is 11.3 Å². The summed E-state index contributed by atoms with van der Waals surface area (Å²) in [5.74, 6) is 0.992. The highest BCUT2D eigenvalue weighted by Crippen LogP contribution is 2.21. The third-order valence-electron chi connectivity index (χ3n) is 3.05. The number of rotatable bonds is 5. The Hall–Kier alpha value is -2.10. The fraction of sp³-hybridized carbons (Fsp3) is 0.375. The molecule has 2 rings (SSSR count). The standard InChI is InChI=1S/C16H20N2O2/c1-11(2)7-8-17-16(19)14-10-15(20-18-14)13-6-4-5-12(3)9-13/h4-6,9-11H,7-8H2,1-3H3,(H,17,19). The van der Waals surface area contributed by atoms with Crippen LogP contribution >= 0.6 is 0 Å². The van der Waals surface area contributed by atoms with Gasteiger partial charge in [-0.15, -0.1) is 0 Å². The summed E-state index contributed by atoms with van der Waals surface area (Å²) in [5.41, 5.74) is 2.39. The van der Waals surface area contributed by atoms with E-state index in [-0.39, 0.29) is 5.91 Å². The molecule has 106 valence electrons. The number of hydrogen-bond donors (Lipinski definition) is 1. The molecule has 0 spiro atoms. The zero-order chi connectivity index (χ0) is 14.5. The Morgan fingerprint density at radius 2 is 2.15 bits per heavy atom. The molecule has 0 aliphatic heterocycles. The van der Waals surface area contributed by atoms with Crippen molar-refractivity contribution in [2.24, 2.45) is 5.92 Å². The van der Waals surface area contributed by atoms with Crippen LogP contribution in [-0.4, -0.2) is 17.6 Å². The monoisotopic (exact) mass is 272 g/mol. The van der Waals surface area contributed by atoms with Crippen LogP contribution in [0, 0.1) is 12.8 Å². The summed E-state index contributed by atoms with van der Waals surface area (Å²) in [6, 6.07) is 9.59. The van der Waals surface area contributed by atoms with Crippen LogP contribution in [0.2, 0.25) is 0 Å². The van der Waals surface area contributed by atoms with Gasteiger partial charge >= 0.3 is 0 Å². The van der Waals surface area contributed by atoms with E-state index >= 15 is 0 Å². The highest BCUT2D eigenvalue weighted by Gasteiger charge is 2.13. The zero-order valence-electron chi connectivity index (χ0n) is 12.1. The Labute approximate surface area is 119 Å². The van der Waals surface area contributed by atoms with Gasteiger partial charge in [-0.1, -0.05) is 42.8 Å². The molecule has 2 aromatic rings. The van der Waals surface area contributed by atoms with Gasteiger partial charge < -0.3 is 9.84 Å². The lowest BCUT2D eigenvalue weighted by atomic mass is 10.1. The molecule has 0 radical (unpaired) electrons. The maximum absolute atomic E-state index is 11.9. The number of nitrogens with zero attached hydrogens (tertiary/aromatic N) is 1. The van der Waals surface area contributed by atoms with Gasteiger partial charge in [-0.2, -0.15) is 0 Å². The Morgan fingerprint density at radius 1 is 1.35 bits per heavy atom. The second kappa shape index (κ2) is 6.37. The van der Waals surface area contributed by atoms with E-state index in [1.54, 1.807) is 6.07 Å². The Morgan fingerprint density at radius 3 is 2.85 bits per heavy atom. The van der Waals surface area contributed by atoms with Crippen molar-refractivity contribution >= 4 is 5.91 Å². The van der Waals surface area contributed by atoms with Crippen molar-refractivity contribution in [1.82, 2.24) is 10.5 Å². The minimum Gasteiger partial charge on any atom is -0.355 e. The van der Waals surface area contributed by atoms with Crippen molar-refractivity contribution in [2.45, 2.75) is 27.2 Å². The van der Waals surface area contributed by atoms with Gasteiger partial charge in [0.05, 0.1) is 0 Å². The number of carbonyl (C=O) groups is 1. The Bertz CT molecular complexity index is 588. The number of aryl methyl sites for hydroxylation is 1. The molecule has 20 heavy (non-hydrogen) atoms. The summed E-state index contributed by atoms with van der Waals surface area (Å²) in [6.45, 7) is 6.92. The number of amides is 1. The molecule has 4 nitrogen and oxygen atoms in total. The molecule has 4 heteroatoms. The molecule has 0 aliphatic carbocycles. The summed E-state index contributed by atoms with van der Waals surface area (Å²) < 4.78 is 5.24. The predicted molar refractivity (Wildman–Crippen MR) is 78.5 cm³/mol. The molecular weight excluding hydrogens is 252 g/mol. The van der Waals surface area contributed by atoms with Crippen LogP contribution in [-0.2, 0) is 0 Å². The maximum Gasteiger partial charge on any atom is 0.273 e. The molecule has 1 amide bonds. The van der Waals surface area contributed by atoms with Crippen molar-refractivity contribution in [1.29, 1.82) is 0 Å². The summed E-state index contributed by atoms with van der Waals surface area (Å²) >= 11 is 0. The topological polar surface area (TPSA) is 55.1 Å². The molecule has 0 unspecified atom stereocenters. The summed E-state index contributed by atoms with van der Waals surface area (Å²) in [4.78, 5) is 11.9. The van der Waals surface area contributed by atoms with E-state index in [0.717, 1.165) is 17.5 Å². The minimum absolute atomic E-state index is 0.187. The predicted octanol–water partition coefficient (Wildman–Crippen LogP) is 3.43. The first-order valence-corrected chi connectivity index (χ1v) is 6.88. The number of benzene rings is 1. The molecule has 0 fully saturated rings. The van der Waals surface area contributed by atoms with Crippen LogP contribution < -0.4 is 5.32 Å². The molecule has 0 aliphatic rings. The second-order valence-electron chi connectivity index (χ2n) is 5.38. The molecule has 0 bridgehead atoms. The fourth-order valence-corrected chi connectivity index (χ4v) is 1.88. The maximum atomic E-state index is 11.9. The van der Waals surface area contributed by atoms with Gasteiger partial charge in [0, 0.05) is 18.2 Å². The van der Waals surface area contributed by atoms with Gasteiger partial charge in [-0.05, 0) is 25.3 Å². The van der Waals surface area contributed by atoms with E-state index in [1.807, 2.05) is 31.2 Å². The van der Waals surface area contributed by atoms with Gasteiger partial charge in [-0.3, -0.25) is 4.79 Å². The van der Waals surface area contributed by atoms with E-state index in [0.29, 0.717) is 23.9 Å². The van der Waals surface area contributed by atoms with Crippen molar-refractivity contribution < 1.29 is 9.32 Å². The Kier molecular flexibility index (Phi) is 4.56. The van der Waals surface area contributed by atoms with Gasteiger partial charge in [-0.25, -0.2) is 0 Å². The van der Waals surface area contributed by atoms with Crippen molar-refractivity contribution in [3.63, 3.8) is 0 Å². The van der Waals surface area contributed by atoms with Gasteiger partial charge in [0.25, 0.3) is 5.91 Å². The largest absolute Gasteiger partial charge is 0.355 e. The fourth-order valence-electron chi connectivity index (χ4n) is 1.88. The van der Waals surface area contributed by atoms with Crippen LogP contribution in [0.4, 0.5) is 0 Å². The van der Waals surface area contributed by atoms with Crippen molar-refractivity contribution in [3.05, 3.63) is 41.6 Å². The van der Waals surface area contributed by atoms with Gasteiger partial charge in [0.1, 0.15) is 0 Å². The molecule has 1 aromatic heterocycles. The number of nitrogens with one attached hydrogen (secondary N) is 1. The van der Waals surface area contributed by atoms with Crippen molar-refractivity contribution in [3.8, 4) is 11.3 Å². The number of hydrogen-bond acceptors (Lipinski definition) is 3. The van der Waals surface area contributed by atoms with E-state index in [2.05, 4.69) is 24.3 Å². The average Bonchev–Trinajstić information content (AvgIpc) is 2.87. The first kappa shape index (κ1) is 14.3. The SMILES string of the molecule is Cc1cccc(-c2cc(C(=O)NCCC(C)C)no2)c1. The number of aromatic nitrogens is 1. The van der Waals surface area contributed by atoms with Crippen LogP contribution in [0.1, 0.15) is 36.3 Å². The molecule has 0 saturated heterocycles. The highest BCUT2D eigenvalue weighted by atomic mass is 16.5. The highest BCUT2D eigenvalue weighted by molar-refractivity contribution is 5.93. The number of carbonyl (C=O) groups excluding carboxylic acids is 1. The van der Waals surface area contributed by atoms with Crippen molar-refractivity contribution in [2.75, 3.05) is 6.54 Å². The minimum atomic E-state index is -0.187. The van der Waals surface area contributed by atoms with E-state index < -0.39 is 0 Å². The molecule has 1 aromatic carbocycles. The second-order valence-corrected chi connectivity index (χ2v) is 5.38. The molecule has 0 atom stereocenters. The summed E-state index contributed by atoms with van der Waals surface area (Å²) in [6.07, 6.45) is 0.953. The molecular formula is C16H20N2O2. The lowest BCUT2D eigenvalue weighted by Crippen LogP contribution is -2.25. The smallest absolute Gasteiger partial charge is 0.273 e. The lowest BCUT2D eigenvalue weighted by molar-refractivity contribution is 0.0943. The quantitative estimate of drug-likeness (QED) is 0.907. The molecule has 0 saturated carbocycles. The van der Waals surface area contributed by atoms with Gasteiger partial charge in [0.15, 0.2) is 11.5 Å². The third-order valence-corrected chi connectivity index (χ3v) is 3.05. The average molecular weight is 272 g/mol. The molecule has 1 heterocycles. The first-order chi connectivity index (χ1) is 9.56. The van der Waals surface area contributed by atoms with Gasteiger partial charge in [0.2, 0.25) is 0 Å². The third kappa shape index (κ3) is 3.70. The van der Waals surface area contributed by atoms with E-state index in [4.69, 9.17) is 4.52 Å². The normalized spacial score (nSPS) is 10.8. The van der Waals surface area contributed by atoms with Crippen LogP contribution in [0.15, 0.2) is 34.9 Å². The first-order valence-electron chi connectivity index (χ1n) is 6.88. The van der Waals surface area contributed by atoms with E-state index in [9.17, 15) is 4.79 Å². The van der Waals surface area contributed by atoms with Crippen LogP contribution in [0.5, 0.6) is 0 Å².